The van der Waals surface area contributed by atoms with Crippen molar-refractivity contribution >= 4 is 23.4 Å². The molecule has 0 N–H and O–H groups in total. The highest BCUT2D eigenvalue weighted by Gasteiger charge is 2.34. The first-order chi connectivity index (χ1) is 8.65. The highest BCUT2D eigenvalue weighted by atomic mass is 35.5. The molecule has 0 radical (unpaired) electrons. The summed E-state index contributed by atoms with van der Waals surface area (Å²) >= 11 is 5.89. The van der Waals surface area contributed by atoms with E-state index in [0.29, 0.717) is 5.15 Å². The van der Waals surface area contributed by atoms with E-state index in [-0.39, 0.29) is 18.2 Å². The number of hydrogen-bond acceptors (Lipinski definition) is 3. The minimum absolute atomic E-state index is 0.121. The van der Waals surface area contributed by atoms with Crippen LogP contribution < -0.4 is 4.90 Å². The fraction of sp³-hybridized carbons (Fsp3) is 0.538. The van der Waals surface area contributed by atoms with Crippen molar-refractivity contribution in [3.8, 4) is 0 Å². The van der Waals surface area contributed by atoms with Crippen LogP contribution in [0.5, 0.6) is 0 Å². The van der Waals surface area contributed by atoms with Gasteiger partial charge in [0.1, 0.15) is 11.3 Å². The van der Waals surface area contributed by atoms with Crippen LogP contribution in [0.25, 0.3) is 0 Å². The molecule has 1 atom stereocenters. The number of rotatable bonds is 1. The smallest absolute Gasteiger partial charge is 0.414 e. The molecule has 1 unspecified atom stereocenters. The van der Waals surface area contributed by atoms with E-state index < -0.39 is 0 Å². The second-order valence-corrected chi connectivity index (χ2v) is 5.33. The number of halogens is 1. The third-order valence-corrected chi connectivity index (χ3v) is 3.61. The van der Waals surface area contributed by atoms with Gasteiger partial charge in [-0.15, -0.1) is 0 Å². The van der Waals surface area contributed by atoms with E-state index in [1.807, 2.05) is 13.0 Å². The summed E-state index contributed by atoms with van der Waals surface area (Å²) in [6, 6.07) is 3.72. The van der Waals surface area contributed by atoms with E-state index >= 15 is 0 Å². The van der Waals surface area contributed by atoms with Gasteiger partial charge >= 0.3 is 6.09 Å². The maximum atomic E-state index is 12.1. The van der Waals surface area contributed by atoms with Crippen LogP contribution in [0.15, 0.2) is 12.1 Å². The molecule has 1 amide bonds. The van der Waals surface area contributed by atoms with Crippen molar-refractivity contribution in [1.29, 1.82) is 0 Å². The van der Waals surface area contributed by atoms with Crippen molar-refractivity contribution in [3.63, 3.8) is 0 Å². The van der Waals surface area contributed by atoms with Crippen molar-refractivity contribution in [3.05, 3.63) is 23.0 Å². The second-order valence-electron chi connectivity index (χ2n) is 4.94. The molecule has 1 aromatic heterocycles. The van der Waals surface area contributed by atoms with Crippen molar-refractivity contribution < 1.29 is 9.53 Å². The number of pyridine rings is 1. The summed E-state index contributed by atoms with van der Waals surface area (Å²) in [5.74, 6) is 0. The van der Waals surface area contributed by atoms with E-state index in [2.05, 4.69) is 4.98 Å². The number of carbonyl (C=O) groups is 1. The number of amides is 1. The predicted molar refractivity (Wildman–Crippen MR) is 69.0 cm³/mol. The lowest BCUT2D eigenvalue weighted by Crippen LogP contribution is -2.43. The number of ether oxygens (including phenoxy) is 1. The van der Waals surface area contributed by atoms with E-state index in [9.17, 15) is 4.79 Å². The van der Waals surface area contributed by atoms with Crippen molar-refractivity contribution in [1.82, 2.24) is 4.98 Å². The Morgan fingerprint density at radius 1 is 1.44 bits per heavy atom. The van der Waals surface area contributed by atoms with Crippen LogP contribution in [0.2, 0.25) is 5.15 Å². The van der Waals surface area contributed by atoms with Gasteiger partial charge in [-0.3, -0.25) is 4.90 Å². The molecule has 4 nitrogen and oxygen atoms in total. The standard InChI is InChI=1S/C13H15ClN2O2/c1-8-2-5-10-11(6-7-12(14)15-10)16(8)13(17)18-9-3-4-9/h6-9H,2-5H2,1H3. The van der Waals surface area contributed by atoms with Gasteiger partial charge < -0.3 is 4.74 Å². The molecule has 0 bridgehead atoms. The molecular weight excluding hydrogens is 252 g/mol. The quantitative estimate of drug-likeness (QED) is 0.733. The van der Waals surface area contributed by atoms with Gasteiger partial charge in [0, 0.05) is 6.04 Å². The van der Waals surface area contributed by atoms with Crippen LogP contribution in [0.3, 0.4) is 0 Å². The number of aryl methyl sites for hydroxylation is 1. The number of nitrogens with zero attached hydrogens (tertiary/aromatic N) is 2. The fourth-order valence-electron chi connectivity index (χ4n) is 2.25. The van der Waals surface area contributed by atoms with Gasteiger partial charge in [0.15, 0.2) is 0 Å². The van der Waals surface area contributed by atoms with E-state index in [1.54, 1.807) is 11.0 Å². The first kappa shape index (κ1) is 11.8. The normalized spacial score (nSPS) is 22.6. The lowest BCUT2D eigenvalue weighted by molar-refractivity contribution is 0.143. The van der Waals surface area contributed by atoms with Gasteiger partial charge in [0.2, 0.25) is 0 Å². The highest BCUT2D eigenvalue weighted by Crippen LogP contribution is 2.33. The summed E-state index contributed by atoms with van der Waals surface area (Å²) in [4.78, 5) is 18.1. The summed E-state index contributed by atoms with van der Waals surface area (Å²) in [6.45, 7) is 2.03. The van der Waals surface area contributed by atoms with Crippen molar-refractivity contribution in [2.45, 2.75) is 44.8 Å². The van der Waals surface area contributed by atoms with Crippen LogP contribution in [0, 0.1) is 0 Å². The Labute approximate surface area is 111 Å². The zero-order valence-corrected chi connectivity index (χ0v) is 11.0. The van der Waals surface area contributed by atoms with Gasteiger partial charge in [-0.25, -0.2) is 9.78 Å². The topological polar surface area (TPSA) is 42.4 Å². The van der Waals surface area contributed by atoms with E-state index in [0.717, 1.165) is 37.1 Å². The molecule has 1 aliphatic carbocycles. The zero-order valence-electron chi connectivity index (χ0n) is 10.2. The summed E-state index contributed by atoms with van der Waals surface area (Å²) in [7, 11) is 0. The number of carbonyl (C=O) groups excluding carboxylic acids is 1. The predicted octanol–water partition coefficient (Wildman–Crippen LogP) is 3.18. The van der Waals surface area contributed by atoms with Crippen molar-refractivity contribution in [2.75, 3.05) is 4.90 Å². The highest BCUT2D eigenvalue weighted by molar-refractivity contribution is 6.29. The summed E-state index contributed by atoms with van der Waals surface area (Å²) in [6.07, 6.45) is 3.58. The monoisotopic (exact) mass is 266 g/mol. The molecule has 1 saturated carbocycles. The molecule has 18 heavy (non-hydrogen) atoms. The number of anilines is 1. The van der Waals surface area contributed by atoms with Crippen LogP contribution in [-0.4, -0.2) is 23.2 Å². The molecule has 1 fully saturated rings. The maximum Gasteiger partial charge on any atom is 0.414 e. The Morgan fingerprint density at radius 2 is 2.22 bits per heavy atom. The molecule has 1 aromatic rings. The van der Waals surface area contributed by atoms with Gasteiger partial charge in [0.25, 0.3) is 0 Å². The van der Waals surface area contributed by atoms with Gasteiger partial charge in [-0.05, 0) is 44.7 Å². The summed E-state index contributed by atoms with van der Waals surface area (Å²) in [5.41, 5.74) is 1.72. The number of hydrogen-bond donors (Lipinski definition) is 0. The Morgan fingerprint density at radius 3 is 2.94 bits per heavy atom. The first-order valence-electron chi connectivity index (χ1n) is 6.30. The molecule has 96 valence electrons. The summed E-state index contributed by atoms with van der Waals surface area (Å²) < 4.78 is 5.38. The Balaban J connectivity index is 1.90. The molecule has 0 saturated heterocycles. The number of fused-ring (bicyclic) bond motifs is 1. The SMILES string of the molecule is CC1CCc2nc(Cl)ccc2N1C(=O)OC1CC1. The Kier molecular flexibility index (Phi) is 2.90. The third-order valence-electron chi connectivity index (χ3n) is 3.40. The van der Waals surface area contributed by atoms with Crippen LogP contribution in [0.4, 0.5) is 10.5 Å². The lowest BCUT2D eigenvalue weighted by atomic mass is 10.0. The van der Waals surface area contributed by atoms with Gasteiger partial charge in [0.05, 0.1) is 11.4 Å². The van der Waals surface area contributed by atoms with E-state index in [4.69, 9.17) is 16.3 Å². The number of aromatic nitrogens is 1. The first-order valence-corrected chi connectivity index (χ1v) is 6.68. The Bertz CT molecular complexity index is 488. The van der Waals surface area contributed by atoms with Crippen LogP contribution in [0.1, 0.15) is 31.9 Å². The minimum atomic E-state index is -0.255. The Hall–Kier alpha value is -1.29. The molecule has 5 heteroatoms. The lowest BCUT2D eigenvalue weighted by Gasteiger charge is -2.33. The third kappa shape index (κ3) is 2.17. The molecular formula is C13H15ClN2O2. The molecule has 0 spiro atoms. The second kappa shape index (κ2) is 4.43. The molecule has 1 aliphatic heterocycles. The molecule has 3 rings (SSSR count). The summed E-state index contributed by atoms with van der Waals surface area (Å²) in [5, 5.41) is 0.471. The average molecular weight is 267 g/mol. The van der Waals surface area contributed by atoms with Gasteiger partial charge in [-0.2, -0.15) is 0 Å². The van der Waals surface area contributed by atoms with Crippen LogP contribution >= 0.6 is 11.6 Å². The maximum absolute atomic E-state index is 12.1. The molecule has 2 aliphatic rings. The van der Waals surface area contributed by atoms with Crippen molar-refractivity contribution in [2.24, 2.45) is 0 Å². The molecule has 0 aromatic carbocycles. The van der Waals surface area contributed by atoms with E-state index in [1.165, 1.54) is 0 Å². The average Bonchev–Trinajstić information content (AvgIpc) is 3.13. The minimum Gasteiger partial charge on any atom is -0.446 e. The van der Waals surface area contributed by atoms with Gasteiger partial charge in [-0.1, -0.05) is 11.6 Å². The fourth-order valence-corrected chi connectivity index (χ4v) is 2.41. The van der Waals surface area contributed by atoms with Crippen LogP contribution in [-0.2, 0) is 11.2 Å². The largest absolute Gasteiger partial charge is 0.446 e. The molecule has 2 heterocycles. The zero-order chi connectivity index (χ0) is 12.7.